The minimum absolute atomic E-state index is 0.257. The van der Waals surface area contributed by atoms with Gasteiger partial charge < -0.3 is 8.98 Å². The van der Waals surface area contributed by atoms with Crippen LogP contribution in [0.5, 0.6) is 0 Å². The Morgan fingerprint density at radius 1 is 0.543 bits per heavy atom. The van der Waals surface area contributed by atoms with Crippen LogP contribution in [0.2, 0.25) is 0 Å². The molecule has 2 heterocycles. The summed E-state index contributed by atoms with van der Waals surface area (Å²) in [5, 5.41) is 2.62. The Morgan fingerprint density at radius 2 is 1.11 bits per heavy atom. The number of para-hydroxylation sites is 4. The van der Waals surface area contributed by atoms with Gasteiger partial charge in [-0.05, 0) is 76.2 Å². The summed E-state index contributed by atoms with van der Waals surface area (Å²) < 4.78 is 8.52. The van der Waals surface area contributed by atoms with Crippen LogP contribution < -0.4 is 0 Å². The number of hydrogen-bond donors (Lipinski definition) is 0. The van der Waals surface area contributed by atoms with Crippen LogP contribution in [0, 0.1) is 0 Å². The maximum Gasteiger partial charge on any atom is 0.227 e. The van der Waals surface area contributed by atoms with E-state index in [0.29, 0.717) is 5.89 Å². The summed E-state index contributed by atoms with van der Waals surface area (Å²) >= 11 is 0. The third-order valence-electron chi connectivity index (χ3n) is 9.22. The highest BCUT2D eigenvalue weighted by Crippen LogP contribution is 2.40. The number of nitrogens with zero attached hydrogens (tertiary/aromatic N) is 2. The summed E-state index contributed by atoms with van der Waals surface area (Å²) in [7, 11) is 0. The zero-order chi connectivity index (χ0) is 30.5. The number of aromatic nitrogens is 2. The summed E-state index contributed by atoms with van der Waals surface area (Å²) in [6.45, 7) is 0. The van der Waals surface area contributed by atoms with Gasteiger partial charge in [-0.1, -0.05) is 127 Å². The highest BCUT2D eigenvalue weighted by molar-refractivity contribution is 6.08. The smallest absolute Gasteiger partial charge is 0.227 e. The van der Waals surface area contributed by atoms with Crippen molar-refractivity contribution in [3.8, 4) is 33.7 Å². The number of allylic oxidation sites excluding steroid dienone is 4. The standard InChI is InChI=1S/C43H30N2O/c1-3-13-35(33(11-1)29-21-23-31(24-22-29)43-44-39-17-7-10-20-42(39)46-43)36-14-4-2-12-34(36)30-25-27-32(28-26-30)45-40-18-8-5-15-37(40)38-16-6-9-19-41(38)45/h1-27,32H,28H2. The van der Waals surface area contributed by atoms with Crippen LogP contribution in [0.4, 0.5) is 0 Å². The van der Waals surface area contributed by atoms with Crippen molar-refractivity contribution in [2.45, 2.75) is 12.5 Å². The predicted molar refractivity (Wildman–Crippen MR) is 191 cm³/mol. The Kier molecular flexibility index (Phi) is 6.27. The Bertz CT molecular complexity index is 2370. The van der Waals surface area contributed by atoms with Gasteiger partial charge in [-0.2, -0.15) is 0 Å². The molecule has 0 aliphatic heterocycles. The van der Waals surface area contributed by atoms with Crippen LogP contribution in [0.1, 0.15) is 18.0 Å². The first-order valence-electron chi connectivity index (χ1n) is 15.8. The molecule has 0 saturated carbocycles. The van der Waals surface area contributed by atoms with Crippen molar-refractivity contribution in [1.29, 1.82) is 0 Å². The second-order valence-corrected chi connectivity index (χ2v) is 11.9. The first-order valence-corrected chi connectivity index (χ1v) is 15.8. The Hall–Kier alpha value is -5.93. The van der Waals surface area contributed by atoms with E-state index >= 15 is 0 Å². The zero-order valence-electron chi connectivity index (χ0n) is 25.2. The number of benzene rings is 6. The van der Waals surface area contributed by atoms with Gasteiger partial charge in [0, 0.05) is 27.4 Å². The van der Waals surface area contributed by atoms with Gasteiger partial charge in [0.2, 0.25) is 5.89 Å². The van der Waals surface area contributed by atoms with E-state index in [1.807, 2.05) is 24.3 Å². The van der Waals surface area contributed by atoms with Gasteiger partial charge in [0.05, 0.1) is 6.04 Å². The lowest BCUT2D eigenvalue weighted by Gasteiger charge is -2.22. The van der Waals surface area contributed by atoms with Crippen LogP contribution in [-0.2, 0) is 0 Å². The Balaban J connectivity index is 1.05. The average Bonchev–Trinajstić information content (AvgIpc) is 3.72. The summed E-state index contributed by atoms with van der Waals surface area (Å²) in [4.78, 5) is 4.68. The van der Waals surface area contributed by atoms with Crippen molar-refractivity contribution < 1.29 is 4.42 Å². The number of oxazole rings is 1. The third-order valence-corrected chi connectivity index (χ3v) is 9.22. The van der Waals surface area contributed by atoms with E-state index in [1.54, 1.807) is 0 Å². The van der Waals surface area contributed by atoms with Crippen molar-refractivity contribution in [2.75, 3.05) is 0 Å². The van der Waals surface area contributed by atoms with Crippen molar-refractivity contribution in [3.05, 3.63) is 169 Å². The SMILES string of the molecule is C1=CC(n2c3ccccc3c3ccccc32)CC=C1c1ccccc1-c1ccccc1-c1ccc(-c2nc3ccccc3o2)cc1. The van der Waals surface area contributed by atoms with Gasteiger partial charge in [0.15, 0.2) is 5.58 Å². The quantitative estimate of drug-likeness (QED) is 0.200. The number of hydrogen-bond acceptors (Lipinski definition) is 2. The molecule has 6 aromatic carbocycles. The highest BCUT2D eigenvalue weighted by atomic mass is 16.3. The molecule has 8 aromatic rings. The van der Waals surface area contributed by atoms with E-state index in [1.165, 1.54) is 49.6 Å². The largest absolute Gasteiger partial charge is 0.436 e. The van der Waals surface area contributed by atoms with Crippen LogP contribution in [0.3, 0.4) is 0 Å². The maximum absolute atomic E-state index is 6.02. The van der Waals surface area contributed by atoms with Crippen molar-refractivity contribution >= 4 is 38.5 Å². The summed E-state index contributed by atoms with van der Waals surface area (Å²) in [6, 6.07) is 51.7. The second kappa shape index (κ2) is 10.9. The normalized spacial score (nSPS) is 14.7. The highest BCUT2D eigenvalue weighted by Gasteiger charge is 2.20. The van der Waals surface area contributed by atoms with Gasteiger partial charge in [-0.3, -0.25) is 0 Å². The van der Waals surface area contributed by atoms with Gasteiger partial charge in [0.25, 0.3) is 0 Å². The van der Waals surface area contributed by atoms with E-state index in [0.717, 1.165) is 28.6 Å². The molecule has 1 atom stereocenters. The molecule has 0 saturated heterocycles. The van der Waals surface area contributed by atoms with Crippen LogP contribution >= 0.6 is 0 Å². The minimum Gasteiger partial charge on any atom is -0.436 e. The molecular weight excluding hydrogens is 560 g/mol. The molecule has 0 N–H and O–H groups in total. The molecular formula is C43H30N2O. The van der Waals surface area contributed by atoms with Gasteiger partial charge in [-0.25, -0.2) is 4.98 Å². The van der Waals surface area contributed by atoms with Gasteiger partial charge in [-0.15, -0.1) is 0 Å². The lowest BCUT2D eigenvalue weighted by Crippen LogP contribution is -2.08. The average molecular weight is 591 g/mol. The van der Waals surface area contributed by atoms with Crippen molar-refractivity contribution in [2.24, 2.45) is 0 Å². The molecule has 9 rings (SSSR count). The molecule has 0 fully saturated rings. The number of rotatable bonds is 5. The van der Waals surface area contributed by atoms with E-state index < -0.39 is 0 Å². The van der Waals surface area contributed by atoms with Crippen molar-refractivity contribution in [3.63, 3.8) is 0 Å². The molecule has 2 aromatic heterocycles. The van der Waals surface area contributed by atoms with Gasteiger partial charge >= 0.3 is 0 Å². The fraction of sp³-hybridized carbons (Fsp3) is 0.0465. The summed E-state index contributed by atoms with van der Waals surface area (Å²) in [6.07, 6.45) is 8.03. The fourth-order valence-corrected chi connectivity index (χ4v) is 7.04. The first kappa shape index (κ1) is 26.5. The Morgan fingerprint density at radius 3 is 1.78 bits per heavy atom. The minimum atomic E-state index is 0.257. The van der Waals surface area contributed by atoms with Gasteiger partial charge in [0.1, 0.15) is 5.52 Å². The van der Waals surface area contributed by atoms with E-state index in [-0.39, 0.29) is 6.04 Å². The molecule has 1 unspecified atom stereocenters. The molecule has 0 spiro atoms. The molecule has 1 aliphatic carbocycles. The summed E-state index contributed by atoms with van der Waals surface area (Å²) in [5.41, 5.74) is 12.5. The van der Waals surface area contributed by atoms with Crippen LogP contribution in [-0.4, -0.2) is 9.55 Å². The monoisotopic (exact) mass is 590 g/mol. The van der Waals surface area contributed by atoms with Crippen molar-refractivity contribution in [1.82, 2.24) is 9.55 Å². The molecule has 218 valence electrons. The van der Waals surface area contributed by atoms with E-state index in [9.17, 15) is 0 Å². The first-order chi connectivity index (χ1) is 22.8. The van der Waals surface area contributed by atoms with Crippen LogP contribution in [0.25, 0.3) is 72.2 Å². The lowest BCUT2D eigenvalue weighted by atomic mass is 9.87. The molecule has 1 aliphatic rings. The second-order valence-electron chi connectivity index (χ2n) is 11.9. The lowest BCUT2D eigenvalue weighted by molar-refractivity contribution is 0.620. The fourth-order valence-electron chi connectivity index (χ4n) is 7.04. The number of fused-ring (bicyclic) bond motifs is 4. The molecule has 3 heteroatoms. The van der Waals surface area contributed by atoms with E-state index in [2.05, 4.69) is 149 Å². The molecule has 0 bridgehead atoms. The zero-order valence-corrected chi connectivity index (χ0v) is 25.2. The molecule has 0 radical (unpaired) electrons. The molecule has 46 heavy (non-hydrogen) atoms. The van der Waals surface area contributed by atoms with Crippen LogP contribution in [0.15, 0.2) is 168 Å². The predicted octanol–water partition coefficient (Wildman–Crippen LogP) is 11.5. The summed E-state index contributed by atoms with van der Waals surface area (Å²) in [5.74, 6) is 0.640. The molecule has 3 nitrogen and oxygen atoms in total. The molecule has 0 amide bonds. The Labute approximate surface area is 267 Å². The topological polar surface area (TPSA) is 31.0 Å². The van der Waals surface area contributed by atoms with E-state index in [4.69, 9.17) is 4.42 Å². The maximum atomic E-state index is 6.02. The third kappa shape index (κ3) is 4.40.